The maximum Gasteiger partial charge on any atom is 0.191 e. The Morgan fingerprint density at radius 3 is 2.57 bits per heavy atom. The number of guanidine groups is 1. The number of nitrogens with two attached hydrogens (primary N) is 1. The molecule has 1 aromatic carbocycles. The predicted octanol–water partition coefficient (Wildman–Crippen LogP) is 2.97. The van der Waals surface area contributed by atoms with Gasteiger partial charge < -0.3 is 10.6 Å². The van der Waals surface area contributed by atoms with Crippen molar-refractivity contribution in [1.29, 1.82) is 0 Å². The van der Waals surface area contributed by atoms with E-state index in [9.17, 15) is 0 Å². The van der Waals surface area contributed by atoms with E-state index in [2.05, 4.69) is 39.1 Å². The molecular formula is C19H30N4. The van der Waals surface area contributed by atoms with E-state index in [4.69, 9.17) is 5.73 Å². The van der Waals surface area contributed by atoms with Crippen LogP contribution in [0.3, 0.4) is 0 Å². The van der Waals surface area contributed by atoms with Crippen LogP contribution in [0, 0.1) is 0 Å². The standard InChI is InChI=1S/C19H30N4/c1-22(18-9-10-18)19(20)21-14-16-7-6-8-17(13-16)15-23-11-4-2-3-5-12-23/h6-8,13,18H,2-5,9-12,14-15H2,1H3,(H2,20,21). The Morgan fingerprint density at radius 2 is 1.87 bits per heavy atom. The van der Waals surface area contributed by atoms with Crippen molar-refractivity contribution in [2.75, 3.05) is 20.1 Å². The molecule has 3 rings (SSSR count). The number of aliphatic imine (C=N–C) groups is 1. The van der Waals surface area contributed by atoms with Crippen LogP contribution in [0.5, 0.6) is 0 Å². The van der Waals surface area contributed by atoms with E-state index >= 15 is 0 Å². The van der Waals surface area contributed by atoms with E-state index < -0.39 is 0 Å². The lowest BCUT2D eigenvalue weighted by Crippen LogP contribution is -2.35. The highest BCUT2D eigenvalue weighted by Crippen LogP contribution is 2.25. The highest BCUT2D eigenvalue weighted by atomic mass is 15.3. The molecule has 1 aliphatic carbocycles. The second-order valence-electron chi connectivity index (χ2n) is 7.03. The first-order valence-electron chi connectivity index (χ1n) is 9.05. The summed E-state index contributed by atoms with van der Waals surface area (Å²) >= 11 is 0. The number of hydrogen-bond acceptors (Lipinski definition) is 2. The fraction of sp³-hybridized carbons (Fsp3) is 0.632. The van der Waals surface area contributed by atoms with E-state index in [1.807, 2.05) is 7.05 Å². The summed E-state index contributed by atoms with van der Waals surface area (Å²) in [6.45, 7) is 4.22. The number of rotatable bonds is 5. The third kappa shape index (κ3) is 4.96. The van der Waals surface area contributed by atoms with Gasteiger partial charge in [-0.15, -0.1) is 0 Å². The molecule has 1 aromatic rings. The molecule has 0 unspecified atom stereocenters. The lowest BCUT2D eigenvalue weighted by atomic mass is 10.1. The Morgan fingerprint density at radius 1 is 1.17 bits per heavy atom. The van der Waals surface area contributed by atoms with Gasteiger partial charge in [0.25, 0.3) is 0 Å². The van der Waals surface area contributed by atoms with Gasteiger partial charge in [0.1, 0.15) is 0 Å². The molecule has 23 heavy (non-hydrogen) atoms. The van der Waals surface area contributed by atoms with E-state index in [1.165, 1.54) is 62.7 Å². The van der Waals surface area contributed by atoms with Gasteiger partial charge in [0.2, 0.25) is 0 Å². The molecule has 0 amide bonds. The smallest absolute Gasteiger partial charge is 0.191 e. The molecule has 0 spiro atoms. The Kier molecular flexibility index (Phi) is 5.55. The average Bonchev–Trinajstić information content (AvgIpc) is 3.40. The van der Waals surface area contributed by atoms with Crippen LogP contribution >= 0.6 is 0 Å². The van der Waals surface area contributed by atoms with E-state index in [-0.39, 0.29) is 0 Å². The molecular weight excluding hydrogens is 284 g/mol. The number of nitrogens with zero attached hydrogens (tertiary/aromatic N) is 3. The zero-order valence-corrected chi connectivity index (χ0v) is 14.4. The molecule has 126 valence electrons. The summed E-state index contributed by atoms with van der Waals surface area (Å²) in [7, 11) is 2.05. The van der Waals surface area contributed by atoms with Gasteiger partial charge in [-0.1, -0.05) is 37.1 Å². The van der Waals surface area contributed by atoms with Crippen LogP contribution in [-0.2, 0) is 13.1 Å². The highest BCUT2D eigenvalue weighted by molar-refractivity contribution is 5.78. The maximum atomic E-state index is 6.08. The predicted molar refractivity (Wildman–Crippen MR) is 96.3 cm³/mol. The van der Waals surface area contributed by atoms with Crippen molar-refractivity contribution in [3.05, 3.63) is 35.4 Å². The Bertz CT molecular complexity index is 528. The molecule has 4 nitrogen and oxygen atoms in total. The molecule has 1 saturated carbocycles. The summed E-state index contributed by atoms with van der Waals surface area (Å²) in [5.74, 6) is 0.672. The summed E-state index contributed by atoms with van der Waals surface area (Å²) in [6.07, 6.45) is 7.95. The minimum Gasteiger partial charge on any atom is -0.370 e. The van der Waals surface area contributed by atoms with Gasteiger partial charge in [-0.25, -0.2) is 4.99 Å². The van der Waals surface area contributed by atoms with E-state index in [0.29, 0.717) is 18.5 Å². The molecule has 4 heteroatoms. The van der Waals surface area contributed by atoms with Crippen molar-refractivity contribution in [1.82, 2.24) is 9.80 Å². The van der Waals surface area contributed by atoms with Gasteiger partial charge in [-0.3, -0.25) is 4.90 Å². The molecule has 0 bridgehead atoms. The first kappa shape index (κ1) is 16.3. The van der Waals surface area contributed by atoms with Crippen molar-refractivity contribution in [2.24, 2.45) is 10.7 Å². The van der Waals surface area contributed by atoms with Gasteiger partial charge in [-0.05, 0) is 49.9 Å². The zero-order chi connectivity index (χ0) is 16.1. The average molecular weight is 314 g/mol. The first-order valence-corrected chi connectivity index (χ1v) is 9.05. The third-order valence-electron chi connectivity index (χ3n) is 4.98. The molecule has 2 N–H and O–H groups in total. The van der Waals surface area contributed by atoms with Crippen LogP contribution in [0.1, 0.15) is 49.7 Å². The first-order chi connectivity index (χ1) is 11.2. The third-order valence-corrected chi connectivity index (χ3v) is 4.98. The highest BCUT2D eigenvalue weighted by Gasteiger charge is 2.27. The summed E-state index contributed by atoms with van der Waals surface area (Å²) < 4.78 is 0. The summed E-state index contributed by atoms with van der Waals surface area (Å²) in [6, 6.07) is 9.45. The van der Waals surface area contributed by atoms with Crippen LogP contribution in [0.2, 0.25) is 0 Å². The summed E-state index contributed by atoms with van der Waals surface area (Å²) in [5.41, 5.74) is 8.73. The van der Waals surface area contributed by atoms with Crippen LogP contribution in [-0.4, -0.2) is 41.9 Å². The van der Waals surface area contributed by atoms with Gasteiger partial charge in [0.05, 0.1) is 6.54 Å². The van der Waals surface area contributed by atoms with Crippen LogP contribution in [0.15, 0.2) is 29.3 Å². The van der Waals surface area contributed by atoms with Crippen LogP contribution in [0.4, 0.5) is 0 Å². The summed E-state index contributed by atoms with van der Waals surface area (Å²) in [5, 5.41) is 0. The second-order valence-corrected chi connectivity index (χ2v) is 7.03. The van der Waals surface area contributed by atoms with Gasteiger partial charge in [-0.2, -0.15) is 0 Å². The molecule has 1 aliphatic heterocycles. The molecule has 0 aromatic heterocycles. The topological polar surface area (TPSA) is 44.9 Å². The fourth-order valence-electron chi connectivity index (χ4n) is 3.31. The van der Waals surface area contributed by atoms with Gasteiger partial charge >= 0.3 is 0 Å². The lowest BCUT2D eigenvalue weighted by molar-refractivity contribution is 0.277. The van der Waals surface area contributed by atoms with E-state index in [1.54, 1.807) is 0 Å². The zero-order valence-electron chi connectivity index (χ0n) is 14.4. The molecule has 1 saturated heterocycles. The van der Waals surface area contributed by atoms with Gasteiger partial charge in [0.15, 0.2) is 5.96 Å². The van der Waals surface area contributed by atoms with Crippen molar-refractivity contribution < 1.29 is 0 Å². The minimum atomic E-state index is 0.619. The van der Waals surface area contributed by atoms with Crippen molar-refractivity contribution in [3.63, 3.8) is 0 Å². The van der Waals surface area contributed by atoms with Crippen molar-refractivity contribution >= 4 is 5.96 Å². The molecule has 1 heterocycles. The number of likely N-dealkylation sites (tertiary alicyclic amines) is 1. The lowest BCUT2D eigenvalue weighted by Gasteiger charge is -2.20. The van der Waals surface area contributed by atoms with Crippen LogP contribution < -0.4 is 5.73 Å². The Labute approximate surface area is 140 Å². The normalized spacial score (nSPS) is 20.3. The van der Waals surface area contributed by atoms with Crippen LogP contribution in [0.25, 0.3) is 0 Å². The Hall–Kier alpha value is -1.55. The minimum absolute atomic E-state index is 0.619. The van der Waals surface area contributed by atoms with Gasteiger partial charge in [0, 0.05) is 19.6 Å². The number of hydrogen-bond donors (Lipinski definition) is 1. The summed E-state index contributed by atoms with van der Waals surface area (Å²) in [4.78, 5) is 9.27. The maximum absolute atomic E-state index is 6.08. The monoisotopic (exact) mass is 314 g/mol. The number of benzene rings is 1. The molecule has 2 fully saturated rings. The second kappa shape index (κ2) is 7.82. The molecule has 2 aliphatic rings. The van der Waals surface area contributed by atoms with Crippen molar-refractivity contribution in [2.45, 2.75) is 57.7 Å². The van der Waals surface area contributed by atoms with Crippen molar-refractivity contribution in [3.8, 4) is 0 Å². The largest absolute Gasteiger partial charge is 0.370 e. The fourth-order valence-corrected chi connectivity index (χ4v) is 3.31. The van der Waals surface area contributed by atoms with E-state index in [0.717, 1.165) is 6.54 Å². The Balaban J connectivity index is 1.57. The quantitative estimate of drug-likeness (QED) is 0.671. The molecule has 0 atom stereocenters. The SMILES string of the molecule is CN(C(N)=NCc1cccc(CN2CCCCCC2)c1)C1CC1. The molecule has 0 radical (unpaired) electrons.